The average molecular weight is 328 g/mol. The molecule has 0 aliphatic carbocycles. The van der Waals surface area contributed by atoms with Gasteiger partial charge in [-0.2, -0.15) is 0 Å². The molecule has 3 rings (SSSR count). The Balaban J connectivity index is 1.80. The van der Waals surface area contributed by atoms with Crippen molar-refractivity contribution in [2.24, 2.45) is 0 Å². The zero-order valence-electron chi connectivity index (χ0n) is 13.7. The highest BCUT2D eigenvalue weighted by Gasteiger charge is 2.19. The molecule has 0 radical (unpaired) electrons. The van der Waals surface area contributed by atoms with Crippen LogP contribution in [0.5, 0.6) is 0 Å². The zero-order valence-corrected chi connectivity index (χ0v) is 14.5. The Morgan fingerprint density at radius 1 is 1.30 bits per heavy atom. The number of imidazole rings is 1. The van der Waals surface area contributed by atoms with Gasteiger partial charge in [-0.3, -0.25) is 4.79 Å². The van der Waals surface area contributed by atoms with Crippen molar-refractivity contribution in [1.82, 2.24) is 14.5 Å². The summed E-state index contributed by atoms with van der Waals surface area (Å²) >= 11 is 1.63. The monoisotopic (exact) mass is 328 g/mol. The van der Waals surface area contributed by atoms with E-state index in [9.17, 15) is 4.79 Å². The second-order valence-electron chi connectivity index (χ2n) is 5.93. The fourth-order valence-electron chi connectivity index (χ4n) is 2.59. The summed E-state index contributed by atoms with van der Waals surface area (Å²) < 4.78 is 3.01. The second-order valence-corrected chi connectivity index (χ2v) is 7.16. The van der Waals surface area contributed by atoms with Gasteiger partial charge in [0.25, 0.3) is 0 Å². The van der Waals surface area contributed by atoms with Crippen LogP contribution in [0.1, 0.15) is 43.6 Å². The number of anilines is 1. The normalized spacial score (nSPS) is 12.7. The highest BCUT2D eigenvalue weighted by Crippen LogP contribution is 2.25. The molecule has 3 aromatic rings. The number of hydrogen-bond acceptors (Lipinski definition) is 4. The number of benzene rings is 1. The van der Waals surface area contributed by atoms with E-state index in [1.807, 2.05) is 42.8 Å². The molecule has 1 N–H and O–H groups in total. The molecular weight excluding hydrogens is 308 g/mol. The molecule has 1 aromatic carbocycles. The van der Waals surface area contributed by atoms with Crippen LogP contribution in [0, 0.1) is 6.92 Å². The maximum Gasteiger partial charge on any atom is 0.247 e. The molecule has 0 aliphatic rings. The number of hydrogen-bond donors (Lipinski definition) is 1. The van der Waals surface area contributed by atoms with Crippen molar-refractivity contribution in [2.75, 3.05) is 5.32 Å². The van der Waals surface area contributed by atoms with Crippen molar-refractivity contribution in [2.45, 2.75) is 39.7 Å². The van der Waals surface area contributed by atoms with Crippen molar-refractivity contribution >= 4 is 33.1 Å². The number of thiazole rings is 1. The first-order valence-corrected chi connectivity index (χ1v) is 8.48. The van der Waals surface area contributed by atoms with Crippen LogP contribution in [-0.4, -0.2) is 20.4 Å². The van der Waals surface area contributed by atoms with Crippen molar-refractivity contribution in [3.63, 3.8) is 0 Å². The van der Waals surface area contributed by atoms with Gasteiger partial charge >= 0.3 is 0 Å². The molecule has 5 nitrogen and oxygen atoms in total. The Bertz CT molecular complexity index is 849. The van der Waals surface area contributed by atoms with Gasteiger partial charge < -0.3 is 9.88 Å². The van der Waals surface area contributed by atoms with Crippen LogP contribution in [0.25, 0.3) is 10.2 Å². The molecular formula is C17H20N4OS. The fourth-order valence-corrected chi connectivity index (χ4v) is 3.46. The minimum Gasteiger partial charge on any atom is -0.324 e. The van der Waals surface area contributed by atoms with Gasteiger partial charge in [-0.05, 0) is 32.0 Å². The van der Waals surface area contributed by atoms with E-state index in [1.165, 1.54) is 0 Å². The first kappa shape index (κ1) is 15.7. The Hall–Kier alpha value is -2.21. The average Bonchev–Trinajstić information content (AvgIpc) is 3.11. The molecule has 23 heavy (non-hydrogen) atoms. The van der Waals surface area contributed by atoms with Crippen LogP contribution in [0.15, 0.2) is 30.6 Å². The molecule has 0 saturated heterocycles. The predicted octanol–water partition coefficient (Wildman–Crippen LogP) is 4.12. The summed E-state index contributed by atoms with van der Waals surface area (Å²) in [7, 11) is 0. The van der Waals surface area contributed by atoms with Gasteiger partial charge in [0.2, 0.25) is 5.91 Å². The van der Waals surface area contributed by atoms with Gasteiger partial charge in [-0.15, -0.1) is 11.3 Å². The van der Waals surface area contributed by atoms with Gasteiger partial charge in [0, 0.05) is 24.0 Å². The third kappa shape index (κ3) is 3.12. The molecule has 120 valence electrons. The Morgan fingerprint density at radius 3 is 2.83 bits per heavy atom. The number of nitrogens with one attached hydrogen (secondary N) is 1. The molecule has 2 aromatic heterocycles. The molecule has 2 heterocycles. The molecule has 0 saturated carbocycles. The minimum absolute atomic E-state index is 0.0505. The number of aryl methyl sites for hydroxylation is 1. The number of nitrogens with zero attached hydrogens (tertiary/aromatic N) is 3. The van der Waals surface area contributed by atoms with Crippen molar-refractivity contribution in [3.8, 4) is 0 Å². The van der Waals surface area contributed by atoms with E-state index in [4.69, 9.17) is 0 Å². The van der Waals surface area contributed by atoms with Gasteiger partial charge in [-0.1, -0.05) is 13.8 Å². The van der Waals surface area contributed by atoms with Crippen molar-refractivity contribution < 1.29 is 4.79 Å². The lowest BCUT2D eigenvalue weighted by atomic mass is 10.2. The number of carbonyl (C=O) groups is 1. The van der Waals surface area contributed by atoms with Gasteiger partial charge in [0.1, 0.15) is 11.9 Å². The smallest absolute Gasteiger partial charge is 0.247 e. The molecule has 0 fully saturated rings. The van der Waals surface area contributed by atoms with Crippen LogP contribution in [0.2, 0.25) is 0 Å². The zero-order chi connectivity index (χ0) is 16.6. The molecule has 1 amide bonds. The van der Waals surface area contributed by atoms with Gasteiger partial charge in [0.15, 0.2) is 0 Å². The third-order valence-electron chi connectivity index (χ3n) is 3.77. The predicted molar refractivity (Wildman–Crippen MR) is 94.0 cm³/mol. The van der Waals surface area contributed by atoms with Crippen LogP contribution >= 0.6 is 11.3 Å². The number of fused-ring (bicyclic) bond motifs is 1. The summed E-state index contributed by atoms with van der Waals surface area (Å²) in [6, 6.07) is 5.50. The minimum atomic E-state index is -0.311. The largest absolute Gasteiger partial charge is 0.324 e. The lowest BCUT2D eigenvalue weighted by molar-refractivity contribution is -0.118. The summed E-state index contributed by atoms with van der Waals surface area (Å²) in [5.74, 6) is 1.14. The second kappa shape index (κ2) is 6.12. The SMILES string of the molecule is Cc1nc2ccc(NC(=O)C(C)n3ccnc3C(C)C)cc2s1. The van der Waals surface area contributed by atoms with Crippen LogP contribution in [-0.2, 0) is 4.79 Å². The fraction of sp³-hybridized carbons (Fsp3) is 0.353. The summed E-state index contributed by atoms with van der Waals surface area (Å²) in [4.78, 5) is 21.3. The van der Waals surface area contributed by atoms with Crippen LogP contribution in [0.3, 0.4) is 0 Å². The molecule has 1 unspecified atom stereocenters. The van der Waals surface area contributed by atoms with E-state index >= 15 is 0 Å². The van der Waals surface area contributed by atoms with E-state index in [-0.39, 0.29) is 17.9 Å². The molecule has 0 spiro atoms. The van der Waals surface area contributed by atoms with E-state index in [0.29, 0.717) is 0 Å². The summed E-state index contributed by atoms with van der Waals surface area (Å²) in [5, 5.41) is 4.01. The van der Waals surface area contributed by atoms with E-state index in [0.717, 1.165) is 26.7 Å². The Morgan fingerprint density at radius 2 is 2.09 bits per heavy atom. The lowest BCUT2D eigenvalue weighted by Crippen LogP contribution is -2.24. The van der Waals surface area contributed by atoms with E-state index in [2.05, 4.69) is 29.1 Å². The van der Waals surface area contributed by atoms with Gasteiger partial charge in [0.05, 0.1) is 15.2 Å². The van der Waals surface area contributed by atoms with Gasteiger partial charge in [-0.25, -0.2) is 9.97 Å². The number of amides is 1. The third-order valence-corrected chi connectivity index (χ3v) is 4.71. The maximum absolute atomic E-state index is 12.6. The Labute approximate surface area is 139 Å². The van der Waals surface area contributed by atoms with E-state index in [1.54, 1.807) is 17.5 Å². The van der Waals surface area contributed by atoms with Crippen LogP contribution < -0.4 is 5.32 Å². The van der Waals surface area contributed by atoms with E-state index < -0.39 is 0 Å². The summed E-state index contributed by atoms with van der Waals surface area (Å²) in [6.45, 7) is 8.02. The molecule has 1 atom stereocenters. The number of carbonyl (C=O) groups excluding carboxylic acids is 1. The standard InChI is InChI=1S/C17H20N4OS/c1-10(2)16-18-7-8-21(16)11(3)17(22)20-13-5-6-14-15(9-13)23-12(4)19-14/h5-11H,1-4H3,(H,20,22). The first-order chi connectivity index (χ1) is 11.0. The highest BCUT2D eigenvalue weighted by molar-refractivity contribution is 7.18. The first-order valence-electron chi connectivity index (χ1n) is 7.66. The van der Waals surface area contributed by atoms with Crippen LogP contribution in [0.4, 0.5) is 5.69 Å². The lowest BCUT2D eigenvalue weighted by Gasteiger charge is -2.17. The summed E-state index contributed by atoms with van der Waals surface area (Å²) in [5.41, 5.74) is 1.76. The molecule has 0 bridgehead atoms. The quantitative estimate of drug-likeness (QED) is 0.783. The van der Waals surface area contributed by atoms with Crippen molar-refractivity contribution in [3.05, 3.63) is 41.4 Å². The highest BCUT2D eigenvalue weighted by atomic mass is 32.1. The molecule has 0 aliphatic heterocycles. The Kier molecular flexibility index (Phi) is 4.17. The summed E-state index contributed by atoms with van der Waals surface area (Å²) in [6.07, 6.45) is 3.60. The number of aromatic nitrogens is 3. The maximum atomic E-state index is 12.6. The number of rotatable bonds is 4. The van der Waals surface area contributed by atoms with Crippen molar-refractivity contribution in [1.29, 1.82) is 0 Å². The topological polar surface area (TPSA) is 59.8 Å². The molecule has 6 heteroatoms.